The highest BCUT2D eigenvalue weighted by molar-refractivity contribution is 6.30. The average molecular weight is 282 g/mol. The lowest BCUT2D eigenvalue weighted by Gasteiger charge is -2.25. The van der Waals surface area contributed by atoms with Crippen LogP contribution in [-0.4, -0.2) is 31.6 Å². The number of halogens is 1. The van der Waals surface area contributed by atoms with Gasteiger partial charge in [-0.3, -0.25) is 4.79 Å². The predicted molar refractivity (Wildman–Crippen MR) is 76.7 cm³/mol. The normalized spacial score (nSPS) is 18.2. The fourth-order valence-electron chi connectivity index (χ4n) is 2.38. The third kappa shape index (κ3) is 4.30. The van der Waals surface area contributed by atoms with Crippen LogP contribution in [0.5, 0.6) is 0 Å². The van der Waals surface area contributed by atoms with Gasteiger partial charge in [0.15, 0.2) is 0 Å². The van der Waals surface area contributed by atoms with E-state index >= 15 is 0 Å². The molecule has 1 saturated heterocycles. The molecule has 2 rings (SSSR count). The first-order valence-electron chi connectivity index (χ1n) is 6.74. The van der Waals surface area contributed by atoms with E-state index in [0.717, 1.165) is 31.6 Å². The quantitative estimate of drug-likeness (QED) is 0.902. The van der Waals surface area contributed by atoms with Gasteiger partial charge in [0.05, 0.1) is 5.92 Å². The second-order valence-electron chi connectivity index (χ2n) is 5.01. The topological polar surface area (TPSA) is 38.3 Å². The Kier molecular flexibility index (Phi) is 5.37. The average Bonchev–Trinajstić information content (AvgIpc) is 2.42. The van der Waals surface area contributed by atoms with Gasteiger partial charge < -0.3 is 10.1 Å². The van der Waals surface area contributed by atoms with E-state index in [0.29, 0.717) is 17.6 Å². The summed E-state index contributed by atoms with van der Waals surface area (Å²) in [6, 6.07) is 7.99. The van der Waals surface area contributed by atoms with Crippen LogP contribution in [-0.2, 0) is 9.53 Å². The molecule has 1 heterocycles. The van der Waals surface area contributed by atoms with Crippen molar-refractivity contribution in [3.63, 3.8) is 0 Å². The van der Waals surface area contributed by atoms with Crippen molar-refractivity contribution in [3.05, 3.63) is 34.9 Å². The molecular weight excluding hydrogens is 262 g/mol. The maximum absolute atomic E-state index is 11.8. The molecule has 19 heavy (non-hydrogen) atoms. The van der Waals surface area contributed by atoms with Crippen molar-refractivity contribution in [1.82, 2.24) is 5.32 Å². The Morgan fingerprint density at radius 1 is 1.37 bits per heavy atom. The van der Waals surface area contributed by atoms with E-state index in [2.05, 4.69) is 5.32 Å². The molecule has 0 bridgehead atoms. The molecule has 0 aromatic heterocycles. The van der Waals surface area contributed by atoms with Crippen molar-refractivity contribution in [2.45, 2.75) is 31.7 Å². The summed E-state index contributed by atoms with van der Waals surface area (Å²) in [6.45, 7) is 3.94. The molecule has 1 aliphatic heterocycles. The monoisotopic (exact) mass is 281 g/mol. The van der Waals surface area contributed by atoms with Crippen LogP contribution in [0.3, 0.4) is 0 Å². The fourth-order valence-corrected chi connectivity index (χ4v) is 2.50. The van der Waals surface area contributed by atoms with E-state index in [9.17, 15) is 4.79 Å². The molecule has 1 N–H and O–H groups in total. The van der Waals surface area contributed by atoms with E-state index < -0.39 is 0 Å². The van der Waals surface area contributed by atoms with E-state index in [1.54, 1.807) is 6.92 Å². The Bertz CT molecular complexity index is 413. The lowest BCUT2D eigenvalue weighted by atomic mass is 9.94. The second-order valence-corrected chi connectivity index (χ2v) is 5.45. The van der Waals surface area contributed by atoms with Gasteiger partial charge in [0.25, 0.3) is 0 Å². The van der Waals surface area contributed by atoms with Crippen LogP contribution in [0.4, 0.5) is 0 Å². The maximum atomic E-state index is 11.8. The predicted octanol–water partition coefficient (Wildman–Crippen LogP) is 2.78. The van der Waals surface area contributed by atoms with Gasteiger partial charge in [-0.1, -0.05) is 23.7 Å². The Morgan fingerprint density at radius 2 is 2.00 bits per heavy atom. The van der Waals surface area contributed by atoms with E-state index in [1.165, 1.54) is 0 Å². The van der Waals surface area contributed by atoms with Crippen molar-refractivity contribution >= 4 is 17.4 Å². The van der Waals surface area contributed by atoms with Crippen LogP contribution in [0.25, 0.3) is 0 Å². The standard InChI is InChI=1S/C15H20ClNO2/c1-11(18)15(12-2-4-13(16)5-3-12)10-17-14-6-8-19-9-7-14/h2-5,14-15,17H,6-10H2,1H3/t15-/m0/s1. The third-order valence-corrected chi connectivity index (χ3v) is 3.85. The van der Waals surface area contributed by atoms with E-state index in [1.807, 2.05) is 24.3 Å². The zero-order chi connectivity index (χ0) is 13.7. The van der Waals surface area contributed by atoms with Crippen molar-refractivity contribution in [2.75, 3.05) is 19.8 Å². The summed E-state index contributed by atoms with van der Waals surface area (Å²) in [5.74, 6) is 0.0852. The van der Waals surface area contributed by atoms with Gasteiger partial charge in [-0.05, 0) is 37.5 Å². The van der Waals surface area contributed by atoms with Gasteiger partial charge in [-0.15, -0.1) is 0 Å². The summed E-state index contributed by atoms with van der Waals surface area (Å²) in [7, 11) is 0. The van der Waals surface area contributed by atoms with Gasteiger partial charge in [0.2, 0.25) is 0 Å². The molecule has 0 aliphatic carbocycles. The first kappa shape index (κ1) is 14.5. The molecule has 1 atom stereocenters. The Balaban J connectivity index is 1.96. The highest BCUT2D eigenvalue weighted by Crippen LogP contribution is 2.19. The van der Waals surface area contributed by atoms with Crippen molar-refractivity contribution in [1.29, 1.82) is 0 Å². The SMILES string of the molecule is CC(=O)[C@H](CNC1CCOCC1)c1ccc(Cl)cc1. The molecule has 0 spiro atoms. The van der Waals surface area contributed by atoms with Crippen LogP contribution in [0, 0.1) is 0 Å². The summed E-state index contributed by atoms with van der Waals surface area (Å²) in [5, 5.41) is 4.18. The van der Waals surface area contributed by atoms with Crippen LogP contribution >= 0.6 is 11.6 Å². The number of nitrogens with one attached hydrogen (secondary N) is 1. The van der Waals surface area contributed by atoms with Crippen LogP contribution < -0.4 is 5.32 Å². The molecule has 1 aromatic rings. The van der Waals surface area contributed by atoms with Crippen molar-refractivity contribution in [3.8, 4) is 0 Å². The number of carbonyl (C=O) groups excluding carboxylic acids is 1. The number of rotatable bonds is 5. The molecule has 4 heteroatoms. The molecule has 1 aliphatic rings. The summed E-state index contributed by atoms with van der Waals surface area (Å²) < 4.78 is 5.33. The minimum Gasteiger partial charge on any atom is -0.381 e. The number of ketones is 1. The lowest BCUT2D eigenvalue weighted by molar-refractivity contribution is -0.118. The summed E-state index contributed by atoms with van der Waals surface area (Å²) in [6.07, 6.45) is 2.04. The van der Waals surface area contributed by atoms with E-state index in [4.69, 9.17) is 16.3 Å². The maximum Gasteiger partial charge on any atom is 0.138 e. The van der Waals surface area contributed by atoms with Gasteiger partial charge in [0.1, 0.15) is 5.78 Å². The zero-order valence-electron chi connectivity index (χ0n) is 11.2. The van der Waals surface area contributed by atoms with E-state index in [-0.39, 0.29) is 11.7 Å². The number of hydrogen-bond donors (Lipinski definition) is 1. The number of carbonyl (C=O) groups is 1. The molecule has 0 saturated carbocycles. The Hall–Kier alpha value is -0.900. The summed E-state index contributed by atoms with van der Waals surface area (Å²) in [5.41, 5.74) is 1.02. The largest absolute Gasteiger partial charge is 0.381 e. The fraction of sp³-hybridized carbons (Fsp3) is 0.533. The number of ether oxygens (including phenoxy) is 1. The molecule has 0 amide bonds. The van der Waals surface area contributed by atoms with Crippen LogP contribution in [0.15, 0.2) is 24.3 Å². The number of hydrogen-bond acceptors (Lipinski definition) is 3. The third-order valence-electron chi connectivity index (χ3n) is 3.60. The zero-order valence-corrected chi connectivity index (χ0v) is 12.0. The Morgan fingerprint density at radius 3 is 2.58 bits per heavy atom. The molecular formula is C15H20ClNO2. The van der Waals surface area contributed by atoms with Crippen molar-refractivity contribution < 1.29 is 9.53 Å². The van der Waals surface area contributed by atoms with Crippen LogP contribution in [0.2, 0.25) is 5.02 Å². The molecule has 104 valence electrons. The van der Waals surface area contributed by atoms with Gasteiger partial charge >= 0.3 is 0 Å². The summed E-state index contributed by atoms with van der Waals surface area (Å²) >= 11 is 5.88. The first-order chi connectivity index (χ1) is 9.16. The minimum atomic E-state index is -0.0971. The van der Waals surface area contributed by atoms with Crippen molar-refractivity contribution in [2.24, 2.45) is 0 Å². The number of benzene rings is 1. The van der Waals surface area contributed by atoms with Crippen LogP contribution in [0.1, 0.15) is 31.2 Å². The molecule has 1 aromatic carbocycles. The molecule has 0 radical (unpaired) electrons. The number of Topliss-reactive ketones (excluding diaryl/α,β-unsaturated/α-hetero) is 1. The highest BCUT2D eigenvalue weighted by atomic mass is 35.5. The minimum absolute atomic E-state index is 0.0971. The smallest absolute Gasteiger partial charge is 0.138 e. The van der Waals surface area contributed by atoms with Gasteiger partial charge in [-0.25, -0.2) is 0 Å². The Labute approximate surface area is 119 Å². The van der Waals surface area contributed by atoms with Gasteiger partial charge in [0, 0.05) is 30.8 Å². The molecule has 3 nitrogen and oxygen atoms in total. The molecule has 0 unspecified atom stereocenters. The second kappa shape index (κ2) is 7.04. The molecule has 1 fully saturated rings. The summed E-state index contributed by atoms with van der Waals surface area (Å²) in [4.78, 5) is 11.8. The highest BCUT2D eigenvalue weighted by Gasteiger charge is 2.19. The van der Waals surface area contributed by atoms with Gasteiger partial charge in [-0.2, -0.15) is 0 Å². The first-order valence-corrected chi connectivity index (χ1v) is 7.11. The lowest BCUT2D eigenvalue weighted by Crippen LogP contribution is -2.38.